The zero-order valence-electron chi connectivity index (χ0n) is 12.9. The third-order valence-corrected chi connectivity index (χ3v) is 4.37. The van der Waals surface area contributed by atoms with Crippen molar-refractivity contribution in [1.29, 1.82) is 0 Å². The molecule has 1 aliphatic rings. The van der Waals surface area contributed by atoms with Gasteiger partial charge in [0, 0.05) is 12.5 Å². The van der Waals surface area contributed by atoms with Crippen LogP contribution in [0.1, 0.15) is 63.5 Å². The normalized spacial score (nSPS) is 19.0. The third kappa shape index (κ3) is 5.50. The predicted molar refractivity (Wildman–Crippen MR) is 84.8 cm³/mol. The number of benzene rings is 1. The van der Waals surface area contributed by atoms with Crippen LogP contribution in [0.5, 0.6) is 0 Å². The molecule has 0 aliphatic heterocycles. The largest absolute Gasteiger partial charge is 0.388 e. The summed E-state index contributed by atoms with van der Waals surface area (Å²) in [6, 6.07) is 9.61. The summed E-state index contributed by atoms with van der Waals surface area (Å²) in [5.74, 6) is 0.694. The van der Waals surface area contributed by atoms with E-state index in [0.29, 0.717) is 18.8 Å². The van der Waals surface area contributed by atoms with E-state index in [4.69, 9.17) is 0 Å². The second-order valence-corrected chi connectivity index (χ2v) is 6.34. The van der Waals surface area contributed by atoms with Crippen molar-refractivity contribution >= 4 is 5.91 Å². The first-order chi connectivity index (χ1) is 10.1. The Balaban J connectivity index is 1.73. The fraction of sp³-hybridized carbons (Fsp3) is 0.611. The van der Waals surface area contributed by atoms with Crippen LogP contribution in [0.3, 0.4) is 0 Å². The second-order valence-electron chi connectivity index (χ2n) is 6.34. The van der Waals surface area contributed by atoms with Crippen LogP contribution in [0.25, 0.3) is 0 Å². The quantitative estimate of drug-likeness (QED) is 0.841. The standard InChI is InChI=1S/C18H27NO2/c1-14(12-17(20)16-10-6-3-7-11-16)19-18(21)13-15-8-4-2-5-9-15/h3,6-7,10-11,14-15,17,20H,2,4-5,8-9,12-13H2,1H3,(H,19,21). The van der Waals surface area contributed by atoms with Gasteiger partial charge >= 0.3 is 0 Å². The monoisotopic (exact) mass is 289 g/mol. The molecule has 1 amide bonds. The molecule has 21 heavy (non-hydrogen) atoms. The highest BCUT2D eigenvalue weighted by molar-refractivity contribution is 5.76. The van der Waals surface area contributed by atoms with Crippen LogP contribution in [0.15, 0.2) is 30.3 Å². The van der Waals surface area contributed by atoms with Crippen molar-refractivity contribution in [2.45, 2.75) is 64.0 Å². The van der Waals surface area contributed by atoms with Gasteiger partial charge in [-0.1, -0.05) is 49.6 Å². The molecule has 0 spiro atoms. The van der Waals surface area contributed by atoms with Gasteiger partial charge in [-0.2, -0.15) is 0 Å². The Morgan fingerprint density at radius 2 is 1.90 bits per heavy atom. The highest BCUT2D eigenvalue weighted by Crippen LogP contribution is 2.26. The van der Waals surface area contributed by atoms with Crippen molar-refractivity contribution < 1.29 is 9.90 Å². The SMILES string of the molecule is CC(CC(O)c1ccccc1)NC(=O)CC1CCCCC1. The molecule has 0 heterocycles. The van der Waals surface area contributed by atoms with Crippen LogP contribution in [0, 0.1) is 5.92 Å². The molecule has 1 aliphatic carbocycles. The van der Waals surface area contributed by atoms with Crippen LogP contribution < -0.4 is 5.32 Å². The van der Waals surface area contributed by atoms with Gasteiger partial charge in [0.2, 0.25) is 5.91 Å². The maximum atomic E-state index is 12.0. The maximum absolute atomic E-state index is 12.0. The summed E-state index contributed by atoms with van der Waals surface area (Å²) >= 11 is 0. The first-order valence-corrected chi connectivity index (χ1v) is 8.17. The lowest BCUT2D eigenvalue weighted by molar-refractivity contribution is -0.123. The number of nitrogens with one attached hydrogen (secondary N) is 1. The number of carbonyl (C=O) groups is 1. The smallest absolute Gasteiger partial charge is 0.220 e. The van der Waals surface area contributed by atoms with E-state index < -0.39 is 6.10 Å². The fourth-order valence-corrected chi connectivity index (χ4v) is 3.19. The van der Waals surface area contributed by atoms with Gasteiger partial charge in [0.25, 0.3) is 0 Å². The first-order valence-electron chi connectivity index (χ1n) is 8.17. The molecule has 116 valence electrons. The van der Waals surface area contributed by atoms with E-state index in [1.165, 1.54) is 32.1 Å². The molecule has 2 unspecified atom stereocenters. The Kier molecular flexibility index (Phi) is 6.24. The fourth-order valence-electron chi connectivity index (χ4n) is 3.19. The Hall–Kier alpha value is -1.35. The van der Waals surface area contributed by atoms with Crippen LogP contribution in [-0.2, 0) is 4.79 Å². The van der Waals surface area contributed by atoms with Gasteiger partial charge in [0.05, 0.1) is 6.10 Å². The summed E-state index contributed by atoms with van der Waals surface area (Å²) in [6.07, 6.45) is 6.91. The molecular formula is C18H27NO2. The van der Waals surface area contributed by atoms with Crippen molar-refractivity contribution in [3.63, 3.8) is 0 Å². The summed E-state index contributed by atoms with van der Waals surface area (Å²) in [6.45, 7) is 1.96. The number of hydrogen-bond donors (Lipinski definition) is 2. The summed E-state index contributed by atoms with van der Waals surface area (Å²) in [4.78, 5) is 12.0. The zero-order chi connectivity index (χ0) is 15.1. The minimum absolute atomic E-state index is 0.00343. The molecule has 1 fully saturated rings. The Bertz CT molecular complexity index is 426. The van der Waals surface area contributed by atoms with E-state index in [0.717, 1.165) is 5.56 Å². The Labute approximate surface area is 127 Å². The Morgan fingerprint density at radius 3 is 2.57 bits per heavy atom. The summed E-state index contributed by atoms with van der Waals surface area (Å²) in [5, 5.41) is 13.2. The molecule has 3 nitrogen and oxygen atoms in total. The Morgan fingerprint density at radius 1 is 1.24 bits per heavy atom. The number of aliphatic hydroxyl groups excluding tert-OH is 1. The molecule has 1 aromatic rings. The van der Waals surface area contributed by atoms with Gasteiger partial charge in [-0.05, 0) is 37.7 Å². The zero-order valence-corrected chi connectivity index (χ0v) is 12.9. The molecule has 2 N–H and O–H groups in total. The molecular weight excluding hydrogens is 262 g/mol. The molecule has 0 bridgehead atoms. The molecule has 0 saturated heterocycles. The van der Waals surface area contributed by atoms with Gasteiger partial charge < -0.3 is 10.4 Å². The molecule has 1 saturated carbocycles. The lowest BCUT2D eigenvalue weighted by atomic mass is 9.87. The van der Waals surface area contributed by atoms with Crippen LogP contribution in [0.4, 0.5) is 0 Å². The number of hydrogen-bond acceptors (Lipinski definition) is 2. The van der Waals surface area contributed by atoms with Crippen LogP contribution >= 0.6 is 0 Å². The van der Waals surface area contributed by atoms with Crippen LogP contribution in [-0.4, -0.2) is 17.1 Å². The number of amides is 1. The van der Waals surface area contributed by atoms with Crippen molar-refractivity contribution in [2.24, 2.45) is 5.92 Å². The molecule has 1 aromatic carbocycles. The van der Waals surface area contributed by atoms with Crippen molar-refractivity contribution in [1.82, 2.24) is 5.32 Å². The molecule has 0 aromatic heterocycles. The average molecular weight is 289 g/mol. The van der Waals surface area contributed by atoms with E-state index in [9.17, 15) is 9.90 Å². The van der Waals surface area contributed by atoms with Gasteiger partial charge in [0.1, 0.15) is 0 Å². The van der Waals surface area contributed by atoms with Crippen LogP contribution in [0.2, 0.25) is 0 Å². The number of rotatable bonds is 6. The van der Waals surface area contributed by atoms with E-state index in [1.807, 2.05) is 37.3 Å². The first kappa shape index (κ1) is 16.0. The molecule has 2 rings (SSSR count). The van der Waals surface area contributed by atoms with Gasteiger partial charge in [-0.15, -0.1) is 0 Å². The number of aliphatic hydroxyl groups is 1. The van der Waals surface area contributed by atoms with Crippen molar-refractivity contribution in [3.8, 4) is 0 Å². The highest BCUT2D eigenvalue weighted by atomic mass is 16.3. The topological polar surface area (TPSA) is 49.3 Å². The van der Waals surface area contributed by atoms with E-state index in [-0.39, 0.29) is 11.9 Å². The highest BCUT2D eigenvalue weighted by Gasteiger charge is 2.19. The molecule has 0 radical (unpaired) electrons. The lowest BCUT2D eigenvalue weighted by Crippen LogP contribution is -2.35. The van der Waals surface area contributed by atoms with E-state index in [1.54, 1.807) is 0 Å². The minimum Gasteiger partial charge on any atom is -0.388 e. The molecule has 2 atom stereocenters. The van der Waals surface area contributed by atoms with Crippen molar-refractivity contribution in [2.75, 3.05) is 0 Å². The summed E-state index contributed by atoms with van der Waals surface area (Å²) in [5.41, 5.74) is 0.908. The summed E-state index contributed by atoms with van der Waals surface area (Å²) in [7, 11) is 0. The second kappa shape index (κ2) is 8.18. The number of carbonyl (C=O) groups excluding carboxylic acids is 1. The van der Waals surface area contributed by atoms with E-state index >= 15 is 0 Å². The predicted octanol–water partition coefficient (Wildman–Crippen LogP) is 3.59. The average Bonchev–Trinajstić information content (AvgIpc) is 2.48. The minimum atomic E-state index is -0.517. The van der Waals surface area contributed by atoms with Gasteiger partial charge in [-0.25, -0.2) is 0 Å². The van der Waals surface area contributed by atoms with Gasteiger partial charge in [-0.3, -0.25) is 4.79 Å². The third-order valence-electron chi connectivity index (χ3n) is 4.37. The van der Waals surface area contributed by atoms with Gasteiger partial charge in [0.15, 0.2) is 0 Å². The van der Waals surface area contributed by atoms with Crippen molar-refractivity contribution in [3.05, 3.63) is 35.9 Å². The maximum Gasteiger partial charge on any atom is 0.220 e. The molecule has 3 heteroatoms. The van der Waals surface area contributed by atoms with E-state index in [2.05, 4.69) is 5.32 Å². The summed E-state index contributed by atoms with van der Waals surface area (Å²) < 4.78 is 0. The lowest BCUT2D eigenvalue weighted by Gasteiger charge is -2.23.